The largest absolute Gasteiger partial charge is 0.454 e. The Balaban J connectivity index is 1.38. The molecule has 0 aliphatic carbocycles. The molecule has 0 spiro atoms. The molecule has 1 amide bonds. The molecule has 7 heteroatoms. The molecule has 0 bridgehead atoms. The second-order valence-corrected chi connectivity index (χ2v) is 8.42. The number of hydrogen-bond donors (Lipinski definition) is 1. The van der Waals surface area contributed by atoms with Crippen LogP contribution in [0.4, 0.5) is 5.69 Å². The van der Waals surface area contributed by atoms with Gasteiger partial charge in [-0.05, 0) is 47.5 Å². The van der Waals surface area contributed by atoms with Crippen LogP contribution in [0.5, 0.6) is 11.5 Å². The molecule has 1 atom stereocenters. The van der Waals surface area contributed by atoms with Crippen LogP contribution in [0.2, 0.25) is 5.02 Å². The molecule has 3 aromatic rings. The Hall–Kier alpha value is -3.61. The standard InChI is InChI=1S/C26H20ClNO5/c27-19-5-3-4-18(12-19)15-28-22-7-2-1-6-21(22)26(31,25(28)30)14-20(29)10-8-17-9-11-23-24(13-17)33-16-32-23/h1-13,31H,14-16H2/b10-8+. The number of anilines is 1. The van der Waals surface area contributed by atoms with Crippen molar-refractivity contribution in [2.24, 2.45) is 0 Å². The van der Waals surface area contributed by atoms with E-state index in [1.54, 1.807) is 66.7 Å². The minimum absolute atomic E-state index is 0.168. The van der Waals surface area contributed by atoms with Crippen molar-refractivity contribution in [3.05, 3.63) is 94.5 Å². The average Bonchev–Trinajstić information content (AvgIpc) is 3.35. The smallest absolute Gasteiger partial charge is 0.264 e. The van der Waals surface area contributed by atoms with Gasteiger partial charge in [0.15, 0.2) is 22.9 Å². The summed E-state index contributed by atoms with van der Waals surface area (Å²) in [7, 11) is 0. The predicted octanol–water partition coefficient (Wildman–Crippen LogP) is 4.48. The van der Waals surface area contributed by atoms with E-state index in [1.165, 1.54) is 11.0 Å². The van der Waals surface area contributed by atoms with Crippen molar-refractivity contribution >= 4 is 35.1 Å². The molecular weight excluding hydrogens is 442 g/mol. The lowest BCUT2D eigenvalue weighted by atomic mass is 9.89. The number of nitrogens with zero attached hydrogens (tertiary/aromatic N) is 1. The normalized spacial score (nSPS) is 18.7. The number of ketones is 1. The van der Waals surface area contributed by atoms with Gasteiger partial charge in [-0.3, -0.25) is 9.59 Å². The molecular formula is C26H20ClNO5. The van der Waals surface area contributed by atoms with Gasteiger partial charge in [-0.2, -0.15) is 0 Å². The van der Waals surface area contributed by atoms with Crippen LogP contribution in [0.15, 0.2) is 72.8 Å². The molecule has 5 rings (SSSR count). The van der Waals surface area contributed by atoms with E-state index in [0.717, 1.165) is 11.1 Å². The maximum absolute atomic E-state index is 13.3. The zero-order valence-electron chi connectivity index (χ0n) is 17.5. The molecule has 1 N–H and O–H groups in total. The van der Waals surface area contributed by atoms with E-state index in [2.05, 4.69) is 0 Å². The molecule has 1 unspecified atom stereocenters. The quantitative estimate of drug-likeness (QED) is 0.548. The zero-order valence-corrected chi connectivity index (χ0v) is 18.3. The summed E-state index contributed by atoms with van der Waals surface area (Å²) in [6.07, 6.45) is 2.63. The number of benzene rings is 3. The topological polar surface area (TPSA) is 76.1 Å². The number of fused-ring (bicyclic) bond motifs is 2. The number of carbonyl (C=O) groups is 2. The van der Waals surface area contributed by atoms with Crippen LogP contribution in [0.3, 0.4) is 0 Å². The average molecular weight is 462 g/mol. The Morgan fingerprint density at radius 3 is 2.73 bits per heavy atom. The third-order valence-electron chi connectivity index (χ3n) is 5.76. The Labute approximate surface area is 195 Å². The third-order valence-corrected chi connectivity index (χ3v) is 5.99. The van der Waals surface area contributed by atoms with Crippen molar-refractivity contribution in [1.82, 2.24) is 0 Å². The van der Waals surface area contributed by atoms with E-state index in [9.17, 15) is 14.7 Å². The highest BCUT2D eigenvalue weighted by atomic mass is 35.5. The van der Waals surface area contributed by atoms with Crippen LogP contribution in [-0.2, 0) is 21.7 Å². The highest BCUT2D eigenvalue weighted by Crippen LogP contribution is 2.43. The van der Waals surface area contributed by atoms with Crippen LogP contribution in [0.1, 0.15) is 23.1 Å². The number of aliphatic hydroxyl groups is 1. The van der Waals surface area contributed by atoms with Gasteiger partial charge >= 0.3 is 0 Å². The lowest BCUT2D eigenvalue weighted by Gasteiger charge is -2.22. The van der Waals surface area contributed by atoms with Gasteiger partial charge in [0.05, 0.1) is 18.7 Å². The van der Waals surface area contributed by atoms with Crippen molar-refractivity contribution in [3.63, 3.8) is 0 Å². The van der Waals surface area contributed by atoms with E-state index < -0.39 is 11.5 Å². The first kappa shape index (κ1) is 21.2. The van der Waals surface area contributed by atoms with E-state index in [1.807, 2.05) is 6.07 Å². The van der Waals surface area contributed by atoms with Gasteiger partial charge in [-0.1, -0.05) is 54.1 Å². The zero-order chi connectivity index (χ0) is 23.0. The van der Waals surface area contributed by atoms with Crippen LogP contribution in [0.25, 0.3) is 6.08 Å². The number of amides is 1. The first-order chi connectivity index (χ1) is 15.9. The summed E-state index contributed by atoms with van der Waals surface area (Å²) in [5, 5.41) is 12.0. The van der Waals surface area contributed by atoms with Crippen molar-refractivity contribution in [2.45, 2.75) is 18.6 Å². The summed E-state index contributed by atoms with van der Waals surface area (Å²) >= 11 is 6.09. The van der Waals surface area contributed by atoms with E-state index in [0.29, 0.717) is 27.8 Å². The minimum atomic E-state index is -1.94. The van der Waals surface area contributed by atoms with E-state index >= 15 is 0 Å². The van der Waals surface area contributed by atoms with Crippen molar-refractivity contribution in [2.75, 3.05) is 11.7 Å². The highest BCUT2D eigenvalue weighted by molar-refractivity contribution is 6.30. The summed E-state index contributed by atoms with van der Waals surface area (Å²) in [6, 6.07) is 19.5. The number of ether oxygens (including phenoxy) is 2. The molecule has 2 aliphatic heterocycles. The first-order valence-electron chi connectivity index (χ1n) is 10.4. The van der Waals surface area contributed by atoms with Gasteiger partial charge in [0.1, 0.15) is 0 Å². The molecule has 2 heterocycles. The number of carbonyl (C=O) groups excluding carboxylic acids is 2. The molecule has 0 radical (unpaired) electrons. The molecule has 2 aliphatic rings. The Kier molecular flexibility index (Phi) is 5.40. The molecule has 0 saturated heterocycles. The number of para-hydroxylation sites is 1. The van der Waals surface area contributed by atoms with Gasteiger partial charge in [0, 0.05) is 10.6 Å². The van der Waals surface area contributed by atoms with Crippen LogP contribution in [0, 0.1) is 0 Å². The second-order valence-electron chi connectivity index (χ2n) is 7.99. The summed E-state index contributed by atoms with van der Waals surface area (Å²) in [5.74, 6) is 0.358. The van der Waals surface area contributed by atoms with Gasteiger partial charge < -0.3 is 19.5 Å². The van der Waals surface area contributed by atoms with Gasteiger partial charge in [0.25, 0.3) is 5.91 Å². The fraction of sp³-hybridized carbons (Fsp3) is 0.154. The summed E-state index contributed by atoms with van der Waals surface area (Å²) in [4.78, 5) is 27.6. The summed E-state index contributed by atoms with van der Waals surface area (Å²) < 4.78 is 10.6. The first-order valence-corrected chi connectivity index (χ1v) is 10.8. The number of allylic oxidation sites excluding steroid dienone is 1. The van der Waals surface area contributed by atoms with E-state index in [4.69, 9.17) is 21.1 Å². The maximum Gasteiger partial charge on any atom is 0.264 e. The lowest BCUT2D eigenvalue weighted by molar-refractivity contribution is -0.140. The fourth-order valence-electron chi connectivity index (χ4n) is 4.17. The molecule has 3 aromatic carbocycles. The number of halogens is 1. The van der Waals surface area contributed by atoms with Crippen LogP contribution in [-0.4, -0.2) is 23.6 Å². The van der Waals surface area contributed by atoms with Crippen molar-refractivity contribution in [3.8, 4) is 11.5 Å². The predicted molar refractivity (Wildman–Crippen MR) is 124 cm³/mol. The molecule has 0 fully saturated rings. The number of hydrogen-bond acceptors (Lipinski definition) is 5. The third kappa shape index (κ3) is 3.99. The molecule has 6 nitrogen and oxygen atoms in total. The van der Waals surface area contributed by atoms with Crippen molar-refractivity contribution in [1.29, 1.82) is 0 Å². The van der Waals surface area contributed by atoms with Gasteiger partial charge in [0.2, 0.25) is 6.79 Å². The van der Waals surface area contributed by atoms with Crippen LogP contribution >= 0.6 is 11.6 Å². The summed E-state index contributed by atoms with van der Waals surface area (Å²) in [6.45, 7) is 0.404. The van der Waals surface area contributed by atoms with Gasteiger partial charge in [-0.15, -0.1) is 0 Å². The molecule has 166 valence electrons. The van der Waals surface area contributed by atoms with E-state index in [-0.39, 0.29) is 25.5 Å². The van der Waals surface area contributed by atoms with Crippen molar-refractivity contribution < 1.29 is 24.2 Å². The fourth-order valence-corrected chi connectivity index (χ4v) is 4.38. The SMILES string of the molecule is O=C(/C=C/c1ccc2c(c1)OCO2)CC1(O)C(=O)N(Cc2cccc(Cl)c2)c2ccccc21. The summed E-state index contributed by atoms with van der Waals surface area (Å²) in [5.41, 5.74) is 0.634. The maximum atomic E-state index is 13.3. The second kappa shape index (κ2) is 8.39. The lowest BCUT2D eigenvalue weighted by Crippen LogP contribution is -2.41. The van der Waals surface area contributed by atoms with Crippen LogP contribution < -0.4 is 14.4 Å². The van der Waals surface area contributed by atoms with Gasteiger partial charge in [-0.25, -0.2) is 0 Å². The Bertz CT molecular complexity index is 1290. The molecule has 33 heavy (non-hydrogen) atoms. The number of rotatable bonds is 6. The Morgan fingerprint density at radius 1 is 1.06 bits per heavy atom. The molecule has 0 saturated carbocycles. The monoisotopic (exact) mass is 461 g/mol. The minimum Gasteiger partial charge on any atom is -0.454 e. The Morgan fingerprint density at radius 2 is 1.88 bits per heavy atom. The highest BCUT2D eigenvalue weighted by Gasteiger charge is 2.50. The molecule has 0 aromatic heterocycles.